The second-order valence-corrected chi connectivity index (χ2v) is 10.0. The number of carbonyl (C=O) groups excluding carboxylic acids is 2. The lowest BCUT2D eigenvalue weighted by Gasteiger charge is -2.28. The minimum atomic E-state index is -0.0751. The van der Waals surface area contributed by atoms with Crippen molar-refractivity contribution in [3.8, 4) is 0 Å². The molecule has 0 atom stereocenters. The van der Waals surface area contributed by atoms with Crippen molar-refractivity contribution in [2.75, 3.05) is 13.1 Å². The predicted molar refractivity (Wildman–Crippen MR) is 144 cm³/mol. The Morgan fingerprint density at radius 3 is 2.42 bits per heavy atom. The molecule has 1 aromatic heterocycles. The normalized spacial score (nSPS) is 13.1. The average molecular weight is 500 g/mol. The number of carbonyl (C=O) groups is 2. The van der Waals surface area contributed by atoms with Crippen LogP contribution in [0.25, 0.3) is 10.9 Å². The van der Waals surface area contributed by atoms with Gasteiger partial charge in [-0.05, 0) is 67.6 Å². The Hall–Kier alpha value is -3.57. The van der Waals surface area contributed by atoms with Gasteiger partial charge in [0.15, 0.2) is 0 Å². The summed E-state index contributed by atoms with van der Waals surface area (Å²) >= 11 is 6.08. The smallest absolute Gasteiger partial charge is 0.254 e. The molecule has 1 N–H and O–H groups in total. The van der Waals surface area contributed by atoms with E-state index < -0.39 is 0 Å². The molecule has 5 rings (SSSR count). The molecule has 4 aromatic rings. The van der Waals surface area contributed by atoms with Gasteiger partial charge in [0.05, 0.1) is 0 Å². The maximum Gasteiger partial charge on any atom is 0.254 e. The number of H-pyrrole nitrogens is 1. The predicted octanol–water partition coefficient (Wildman–Crippen LogP) is 6.01. The Morgan fingerprint density at radius 1 is 0.972 bits per heavy atom. The number of benzene rings is 3. The number of aromatic nitrogens is 1. The third-order valence-electron chi connectivity index (χ3n) is 6.82. The van der Waals surface area contributed by atoms with E-state index in [9.17, 15) is 9.59 Å². The standard InChI is InChI=1S/C30H30ClN3O2/c1-21-6-10-23(11-7-21)30(36)34(26-14-15-26)20-29(35)33(19-22-8-12-25(31)13-9-22)17-16-24-18-32-28-5-3-2-4-27(24)28/h2-13,18,26,32H,14-17,19-20H2,1H3. The molecular weight excluding hydrogens is 470 g/mol. The van der Waals surface area contributed by atoms with Gasteiger partial charge in [0.2, 0.25) is 5.91 Å². The van der Waals surface area contributed by atoms with Gasteiger partial charge in [-0.25, -0.2) is 0 Å². The van der Waals surface area contributed by atoms with Crippen molar-refractivity contribution in [3.05, 3.63) is 106 Å². The van der Waals surface area contributed by atoms with Crippen molar-refractivity contribution in [2.24, 2.45) is 0 Å². The van der Waals surface area contributed by atoms with Crippen LogP contribution in [0.3, 0.4) is 0 Å². The number of hydrogen-bond donors (Lipinski definition) is 1. The van der Waals surface area contributed by atoms with Crippen molar-refractivity contribution in [2.45, 2.75) is 38.8 Å². The largest absolute Gasteiger partial charge is 0.361 e. The number of nitrogens with one attached hydrogen (secondary N) is 1. The molecule has 36 heavy (non-hydrogen) atoms. The van der Waals surface area contributed by atoms with Crippen LogP contribution in [0.15, 0.2) is 79.0 Å². The van der Waals surface area contributed by atoms with Crippen molar-refractivity contribution >= 4 is 34.3 Å². The first kappa shape index (κ1) is 24.1. The second kappa shape index (κ2) is 10.6. The van der Waals surface area contributed by atoms with E-state index in [-0.39, 0.29) is 24.4 Å². The van der Waals surface area contributed by atoms with Crippen molar-refractivity contribution in [1.82, 2.24) is 14.8 Å². The van der Waals surface area contributed by atoms with Crippen LogP contribution in [0, 0.1) is 6.92 Å². The molecular formula is C30H30ClN3O2. The fourth-order valence-electron chi connectivity index (χ4n) is 4.56. The molecule has 1 fully saturated rings. The lowest BCUT2D eigenvalue weighted by atomic mass is 10.1. The van der Waals surface area contributed by atoms with Crippen LogP contribution >= 0.6 is 11.6 Å². The third kappa shape index (κ3) is 5.63. The molecule has 184 valence electrons. The molecule has 0 saturated heterocycles. The fourth-order valence-corrected chi connectivity index (χ4v) is 4.68. The van der Waals surface area contributed by atoms with E-state index in [0.717, 1.165) is 35.9 Å². The number of fused-ring (bicyclic) bond motifs is 1. The van der Waals surface area contributed by atoms with Gasteiger partial charge >= 0.3 is 0 Å². The van der Waals surface area contributed by atoms with Gasteiger partial charge in [0, 0.05) is 46.8 Å². The van der Waals surface area contributed by atoms with E-state index in [1.165, 1.54) is 10.9 Å². The maximum atomic E-state index is 13.7. The monoisotopic (exact) mass is 499 g/mol. The highest BCUT2D eigenvalue weighted by Crippen LogP contribution is 2.29. The Kier molecular flexibility index (Phi) is 7.10. The Labute approximate surface area is 216 Å². The van der Waals surface area contributed by atoms with E-state index in [4.69, 9.17) is 11.6 Å². The summed E-state index contributed by atoms with van der Waals surface area (Å²) in [5.74, 6) is -0.119. The van der Waals surface area contributed by atoms with Gasteiger partial charge in [-0.3, -0.25) is 9.59 Å². The highest BCUT2D eigenvalue weighted by molar-refractivity contribution is 6.30. The molecule has 1 heterocycles. The summed E-state index contributed by atoms with van der Waals surface area (Å²) in [5.41, 5.74) is 5.01. The Bertz CT molecular complexity index is 1360. The van der Waals surface area contributed by atoms with Crippen LogP contribution in [0.5, 0.6) is 0 Å². The summed E-state index contributed by atoms with van der Waals surface area (Å²) in [6, 6.07) is 23.5. The summed E-state index contributed by atoms with van der Waals surface area (Å²) in [5, 5.41) is 1.84. The molecule has 0 aliphatic heterocycles. The summed E-state index contributed by atoms with van der Waals surface area (Å²) in [7, 11) is 0. The highest BCUT2D eigenvalue weighted by Gasteiger charge is 2.35. The first-order valence-electron chi connectivity index (χ1n) is 12.4. The molecule has 5 nitrogen and oxygen atoms in total. The average Bonchev–Trinajstić information content (AvgIpc) is 3.65. The Balaban J connectivity index is 1.35. The van der Waals surface area contributed by atoms with Crippen LogP contribution in [-0.2, 0) is 17.8 Å². The van der Waals surface area contributed by atoms with Gasteiger partial charge in [-0.15, -0.1) is 0 Å². The zero-order valence-electron chi connectivity index (χ0n) is 20.4. The van der Waals surface area contributed by atoms with Gasteiger partial charge in [-0.2, -0.15) is 0 Å². The van der Waals surface area contributed by atoms with Crippen molar-refractivity contribution < 1.29 is 9.59 Å². The van der Waals surface area contributed by atoms with Gasteiger partial charge < -0.3 is 14.8 Å². The molecule has 1 aliphatic carbocycles. The van der Waals surface area contributed by atoms with Crippen LogP contribution in [-0.4, -0.2) is 45.7 Å². The molecule has 0 bridgehead atoms. The molecule has 1 saturated carbocycles. The number of nitrogens with zero attached hydrogens (tertiary/aromatic N) is 2. The quantitative estimate of drug-likeness (QED) is 0.307. The number of para-hydroxylation sites is 1. The van der Waals surface area contributed by atoms with Crippen LogP contribution in [0.2, 0.25) is 5.02 Å². The van der Waals surface area contributed by atoms with E-state index in [0.29, 0.717) is 23.7 Å². The number of hydrogen-bond acceptors (Lipinski definition) is 2. The van der Waals surface area contributed by atoms with Gasteiger partial charge in [0.25, 0.3) is 5.91 Å². The summed E-state index contributed by atoms with van der Waals surface area (Å²) in [6.07, 6.45) is 4.63. The second-order valence-electron chi connectivity index (χ2n) is 9.58. The molecule has 0 unspecified atom stereocenters. The third-order valence-corrected chi connectivity index (χ3v) is 7.07. The molecule has 3 aromatic carbocycles. The van der Waals surface area contributed by atoms with E-state index in [2.05, 4.69) is 17.1 Å². The minimum absolute atomic E-state index is 0.0443. The fraction of sp³-hybridized carbons (Fsp3) is 0.267. The number of aryl methyl sites for hydroxylation is 1. The highest BCUT2D eigenvalue weighted by atomic mass is 35.5. The zero-order valence-corrected chi connectivity index (χ0v) is 21.2. The molecule has 2 amide bonds. The van der Waals surface area contributed by atoms with E-state index >= 15 is 0 Å². The van der Waals surface area contributed by atoms with Crippen molar-refractivity contribution in [3.63, 3.8) is 0 Å². The van der Waals surface area contributed by atoms with Gasteiger partial charge in [-0.1, -0.05) is 59.6 Å². The molecule has 0 radical (unpaired) electrons. The maximum absolute atomic E-state index is 13.7. The zero-order chi connectivity index (χ0) is 25.1. The number of amides is 2. The summed E-state index contributed by atoms with van der Waals surface area (Å²) < 4.78 is 0. The molecule has 6 heteroatoms. The van der Waals surface area contributed by atoms with E-state index in [1.54, 1.807) is 4.90 Å². The van der Waals surface area contributed by atoms with Crippen LogP contribution < -0.4 is 0 Å². The summed E-state index contributed by atoms with van der Waals surface area (Å²) in [6.45, 7) is 3.10. The van der Waals surface area contributed by atoms with Crippen LogP contribution in [0.1, 0.15) is 39.9 Å². The lowest BCUT2D eigenvalue weighted by molar-refractivity contribution is -0.132. The summed E-state index contributed by atoms with van der Waals surface area (Å²) in [4.78, 5) is 33.9. The first-order chi connectivity index (χ1) is 17.5. The van der Waals surface area contributed by atoms with E-state index in [1.807, 2.05) is 78.7 Å². The van der Waals surface area contributed by atoms with Gasteiger partial charge in [0.1, 0.15) is 6.54 Å². The molecule has 1 aliphatic rings. The lowest BCUT2D eigenvalue weighted by Crippen LogP contribution is -2.44. The number of aromatic amines is 1. The number of rotatable bonds is 9. The minimum Gasteiger partial charge on any atom is -0.361 e. The SMILES string of the molecule is Cc1ccc(C(=O)N(CC(=O)N(CCc2c[nH]c3ccccc23)Cc2ccc(Cl)cc2)C2CC2)cc1. The topological polar surface area (TPSA) is 56.4 Å². The van der Waals surface area contributed by atoms with Crippen molar-refractivity contribution in [1.29, 1.82) is 0 Å². The molecule has 0 spiro atoms. The van der Waals surface area contributed by atoms with Crippen LogP contribution in [0.4, 0.5) is 0 Å². The first-order valence-corrected chi connectivity index (χ1v) is 12.8. The Morgan fingerprint density at radius 2 is 1.69 bits per heavy atom. The number of halogens is 1.